The number of hydrazine groups is 1. The van der Waals surface area contributed by atoms with E-state index >= 15 is 0 Å². The van der Waals surface area contributed by atoms with Gasteiger partial charge in [-0.05, 0) is 54.8 Å². The van der Waals surface area contributed by atoms with Crippen LogP contribution in [0.1, 0.15) is 29.2 Å². The number of aryl methyl sites for hydroxylation is 2. The zero-order chi connectivity index (χ0) is 20.8. The maximum atomic E-state index is 12.2. The topological polar surface area (TPSA) is 91.5 Å². The Hall–Kier alpha value is -2.90. The fourth-order valence-corrected chi connectivity index (χ4v) is 3.60. The van der Waals surface area contributed by atoms with Crippen LogP contribution in [-0.2, 0) is 9.59 Å². The fraction of sp³-hybridized carbons (Fsp3) is 0.364. The molecular formula is C22H28N4O3. The van der Waals surface area contributed by atoms with E-state index in [1.165, 1.54) is 0 Å². The SMILES string of the molecule is COc1ccc(C2NNCC2CNC(=O)CC(=O)Nc2cc(C)cc(C)c2)cc1. The van der Waals surface area contributed by atoms with E-state index in [2.05, 4.69) is 21.5 Å². The lowest BCUT2D eigenvalue weighted by Gasteiger charge is -2.19. The average molecular weight is 396 g/mol. The number of nitrogens with one attached hydrogen (secondary N) is 4. The number of hydrogen-bond donors (Lipinski definition) is 4. The largest absolute Gasteiger partial charge is 0.497 e. The lowest BCUT2D eigenvalue weighted by atomic mass is 9.95. The standard InChI is InChI=1S/C22H28N4O3/c1-14-8-15(2)10-18(9-14)25-21(28)11-20(27)23-12-17-13-24-26-22(17)16-4-6-19(29-3)7-5-16/h4-10,17,22,24,26H,11-13H2,1-3H3,(H,23,27)(H,25,28). The first-order valence-corrected chi connectivity index (χ1v) is 9.72. The first kappa shape index (κ1) is 20.8. The molecule has 0 saturated carbocycles. The molecule has 29 heavy (non-hydrogen) atoms. The minimum Gasteiger partial charge on any atom is -0.497 e. The van der Waals surface area contributed by atoms with Gasteiger partial charge in [-0.15, -0.1) is 0 Å². The van der Waals surface area contributed by atoms with Crippen LogP contribution in [0.3, 0.4) is 0 Å². The number of ether oxygens (including phenoxy) is 1. The van der Waals surface area contributed by atoms with Gasteiger partial charge in [0.2, 0.25) is 11.8 Å². The van der Waals surface area contributed by atoms with Gasteiger partial charge in [-0.3, -0.25) is 15.0 Å². The summed E-state index contributed by atoms with van der Waals surface area (Å²) in [6, 6.07) is 13.7. The highest BCUT2D eigenvalue weighted by atomic mass is 16.5. The summed E-state index contributed by atoms with van der Waals surface area (Å²) in [4.78, 5) is 24.4. The van der Waals surface area contributed by atoms with Crippen molar-refractivity contribution in [3.8, 4) is 5.75 Å². The third-order valence-electron chi connectivity index (χ3n) is 4.96. The molecule has 0 spiro atoms. The Balaban J connectivity index is 1.49. The van der Waals surface area contributed by atoms with Crippen LogP contribution in [0.5, 0.6) is 5.75 Å². The summed E-state index contributed by atoms with van der Waals surface area (Å²) in [5, 5.41) is 5.67. The second kappa shape index (κ2) is 9.54. The number of rotatable bonds is 7. The molecule has 4 N–H and O–H groups in total. The molecule has 2 atom stereocenters. The molecule has 0 radical (unpaired) electrons. The Morgan fingerprint density at radius 2 is 1.76 bits per heavy atom. The van der Waals surface area contributed by atoms with E-state index in [1.54, 1.807) is 7.11 Å². The molecule has 7 nitrogen and oxygen atoms in total. The van der Waals surface area contributed by atoms with Crippen molar-refractivity contribution in [1.29, 1.82) is 0 Å². The predicted octanol–water partition coefficient (Wildman–Crippen LogP) is 2.22. The van der Waals surface area contributed by atoms with E-state index in [0.717, 1.165) is 29.0 Å². The van der Waals surface area contributed by atoms with Crippen LogP contribution >= 0.6 is 0 Å². The van der Waals surface area contributed by atoms with Crippen molar-refractivity contribution in [1.82, 2.24) is 16.2 Å². The van der Waals surface area contributed by atoms with Gasteiger partial charge < -0.3 is 15.4 Å². The number of carbonyl (C=O) groups excluding carboxylic acids is 2. The smallest absolute Gasteiger partial charge is 0.233 e. The zero-order valence-corrected chi connectivity index (χ0v) is 17.0. The van der Waals surface area contributed by atoms with Crippen molar-refractivity contribution < 1.29 is 14.3 Å². The maximum absolute atomic E-state index is 12.2. The second-order valence-electron chi connectivity index (χ2n) is 7.44. The summed E-state index contributed by atoms with van der Waals surface area (Å²) in [6.07, 6.45) is -0.201. The van der Waals surface area contributed by atoms with E-state index in [4.69, 9.17) is 4.74 Å². The summed E-state index contributed by atoms with van der Waals surface area (Å²) in [6.45, 7) is 5.15. The maximum Gasteiger partial charge on any atom is 0.233 e. The van der Waals surface area contributed by atoms with Crippen LogP contribution in [0.4, 0.5) is 5.69 Å². The molecule has 3 rings (SSSR count). The zero-order valence-electron chi connectivity index (χ0n) is 17.0. The Labute approximate surface area is 171 Å². The number of methoxy groups -OCH3 is 1. The van der Waals surface area contributed by atoms with Gasteiger partial charge in [0.25, 0.3) is 0 Å². The highest BCUT2D eigenvalue weighted by Crippen LogP contribution is 2.26. The predicted molar refractivity (Wildman–Crippen MR) is 113 cm³/mol. The number of amides is 2. The van der Waals surface area contributed by atoms with Crippen LogP contribution in [0.15, 0.2) is 42.5 Å². The molecule has 154 valence electrons. The van der Waals surface area contributed by atoms with Crippen molar-refractivity contribution in [2.45, 2.75) is 26.3 Å². The molecule has 0 bridgehead atoms. The molecular weight excluding hydrogens is 368 g/mol. The summed E-state index contributed by atoms with van der Waals surface area (Å²) < 4.78 is 5.20. The van der Waals surface area contributed by atoms with Gasteiger partial charge in [-0.25, -0.2) is 5.43 Å². The molecule has 7 heteroatoms. The van der Waals surface area contributed by atoms with E-state index in [-0.39, 0.29) is 30.2 Å². The van der Waals surface area contributed by atoms with Gasteiger partial charge in [0.15, 0.2) is 0 Å². The van der Waals surface area contributed by atoms with E-state index < -0.39 is 0 Å². The average Bonchev–Trinajstić information content (AvgIpc) is 3.14. The summed E-state index contributed by atoms with van der Waals surface area (Å²) in [5.74, 6) is 0.378. The van der Waals surface area contributed by atoms with Crippen molar-refractivity contribution in [3.05, 3.63) is 59.2 Å². The lowest BCUT2D eigenvalue weighted by Crippen LogP contribution is -2.34. The molecule has 0 aromatic heterocycles. The summed E-state index contributed by atoms with van der Waals surface area (Å²) >= 11 is 0. The lowest BCUT2D eigenvalue weighted by molar-refractivity contribution is -0.126. The molecule has 1 saturated heterocycles. The third kappa shape index (κ3) is 5.79. The number of benzene rings is 2. The van der Waals surface area contributed by atoms with Crippen molar-refractivity contribution in [3.63, 3.8) is 0 Å². The molecule has 1 heterocycles. The molecule has 0 aliphatic carbocycles. The number of anilines is 1. The Morgan fingerprint density at radius 3 is 2.41 bits per heavy atom. The molecule has 1 aliphatic rings. The van der Waals surface area contributed by atoms with Gasteiger partial charge >= 0.3 is 0 Å². The van der Waals surface area contributed by atoms with Crippen LogP contribution in [0.2, 0.25) is 0 Å². The third-order valence-corrected chi connectivity index (χ3v) is 4.96. The van der Waals surface area contributed by atoms with Gasteiger partial charge in [0.05, 0.1) is 13.2 Å². The quantitative estimate of drug-likeness (QED) is 0.539. The summed E-state index contributed by atoms with van der Waals surface area (Å²) in [5.41, 5.74) is 10.3. The number of carbonyl (C=O) groups is 2. The Kier molecular flexibility index (Phi) is 6.85. The minimum absolute atomic E-state index is 0.0744. The fourth-order valence-electron chi connectivity index (χ4n) is 3.60. The first-order chi connectivity index (χ1) is 13.9. The van der Waals surface area contributed by atoms with Crippen molar-refractivity contribution in [2.75, 3.05) is 25.5 Å². The van der Waals surface area contributed by atoms with Crippen molar-refractivity contribution >= 4 is 17.5 Å². The molecule has 2 unspecified atom stereocenters. The van der Waals surface area contributed by atoms with Gasteiger partial charge in [-0.1, -0.05) is 18.2 Å². The normalized spacial score (nSPS) is 18.3. The van der Waals surface area contributed by atoms with E-state index in [1.807, 2.05) is 56.3 Å². The van der Waals surface area contributed by atoms with Crippen LogP contribution in [0, 0.1) is 19.8 Å². The summed E-state index contributed by atoms with van der Waals surface area (Å²) in [7, 11) is 1.64. The van der Waals surface area contributed by atoms with Crippen LogP contribution in [0.25, 0.3) is 0 Å². The molecule has 1 aliphatic heterocycles. The van der Waals surface area contributed by atoms with Crippen LogP contribution in [-0.4, -0.2) is 32.0 Å². The number of hydrogen-bond acceptors (Lipinski definition) is 5. The molecule has 2 amide bonds. The Morgan fingerprint density at radius 1 is 1.07 bits per heavy atom. The van der Waals surface area contributed by atoms with Gasteiger partial charge in [0.1, 0.15) is 12.2 Å². The van der Waals surface area contributed by atoms with E-state index in [9.17, 15) is 9.59 Å². The molecule has 2 aromatic rings. The van der Waals surface area contributed by atoms with Crippen molar-refractivity contribution in [2.24, 2.45) is 5.92 Å². The first-order valence-electron chi connectivity index (χ1n) is 9.72. The van der Waals surface area contributed by atoms with Gasteiger partial charge in [0, 0.05) is 24.7 Å². The Bertz CT molecular complexity index is 847. The van der Waals surface area contributed by atoms with Crippen LogP contribution < -0.4 is 26.2 Å². The molecule has 2 aromatic carbocycles. The molecule has 1 fully saturated rings. The highest BCUT2D eigenvalue weighted by Gasteiger charge is 2.28. The van der Waals surface area contributed by atoms with Gasteiger partial charge in [-0.2, -0.15) is 0 Å². The highest BCUT2D eigenvalue weighted by molar-refractivity contribution is 6.03. The second-order valence-corrected chi connectivity index (χ2v) is 7.44. The minimum atomic E-state index is -0.318. The monoisotopic (exact) mass is 396 g/mol. The van der Waals surface area contributed by atoms with E-state index in [0.29, 0.717) is 12.2 Å².